The van der Waals surface area contributed by atoms with Crippen molar-refractivity contribution in [2.45, 2.75) is 6.10 Å². The number of halogens is 2. The molecular weight excluding hydrogens is 328 g/mol. The van der Waals surface area contributed by atoms with Crippen molar-refractivity contribution in [1.82, 2.24) is 9.97 Å². The third-order valence-corrected chi connectivity index (χ3v) is 3.88. The summed E-state index contributed by atoms with van der Waals surface area (Å²) in [4.78, 5) is 7.07. The molecule has 1 aromatic carbocycles. The van der Waals surface area contributed by atoms with Crippen LogP contribution in [0.4, 0.5) is 0 Å². The second kappa shape index (κ2) is 4.96. The Labute approximate surface area is 123 Å². The number of benzene rings is 1. The quantitative estimate of drug-likeness (QED) is 0.693. The van der Waals surface area contributed by atoms with Crippen LogP contribution in [-0.4, -0.2) is 15.1 Å². The number of nitrogens with one attached hydrogen (secondary N) is 1. The predicted octanol–water partition coefficient (Wildman–Crippen LogP) is 4.06. The number of aromatic nitrogens is 2. The van der Waals surface area contributed by atoms with E-state index in [0.717, 1.165) is 26.5 Å². The Morgan fingerprint density at radius 1 is 1.21 bits per heavy atom. The molecule has 3 aromatic rings. The maximum Gasteiger partial charge on any atom is 0.153 e. The van der Waals surface area contributed by atoms with Gasteiger partial charge in [-0.05, 0) is 23.8 Å². The van der Waals surface area contributed by atoms with Gasteiger partial charge in [0.05, 0.1) is 5.52 Å². The average molecular weight is 338 g/mol. The summed E-state index contributed by atoms with van der Waals surface area (Å²) < 4.78 is 0.981. The Bertz CT molecular complexity index is 724. The molecule has 0 aliphatic carbocycles. The van der Waals surface area contributed by atoms with E-state index in [1.165, 1.54) is 0 Å². The number of fused-ring (bicyclic) bond motifs is 1. The normalized spacial score (nSPS) is 12.8. The Kier molecular flexibility index (Phi) is 3.31. The van der Waals surface area contributed by atoms with E-state index in [2.05, 4.69) is 25.9 Å². The number of aliphatic hydroxyl groups excluding tert-OH is 1. The van der Waals surface area contributed by atoms with Crippen LogP contribution in [-0.2, 0) is 0 Å². The van der Waals surface area contributed by atoms with E-state index in [1.54, 1.807) is 12.4 Å². The fourth-order valence-electron chi connectivity index (χ4n) is 2.09. The lowest BCUT2D eigenvalue weighted by Crippen LogP contribution is -1.98. The van der Waals surface area contributed by atoms with Gasteiger partial charge in [-0.2, -0.15) is 0 Å². The summed E-state index contributed by atoms with van der Waals surface area (Å²) in [7, 11) is 0. The molecule has 0 fully saturated rings. The van der Waals surface area contributed by atoms with Crippen LogP contribution in [0.25, 0.3) is 10.9 Å². The standard InChI is InChI=1S/C14H10BrClN2O/c15-9-3-1-8(2-4-9)13(19)11-7-18-12-10(11)5-6-17-14(12)16/h1-7,13,18-19H. The van der Waals surface area contributed by atoms with Crippen molar-refractivity contribution in [3.8, 4) is 0 Å². The average Bonchev–Trinajstić information content (AvgIpc) is 2.84. The highest BCUT2D eigenvalue weighted by Crippen LogP contribution is 2.31. The molecule has 0 bridgehead atoms. The minimum Gasteiger partial charge on any atom is -0.384 e. The van der Waals surface area contributed by atoms with Crippen molar-refractivity contribution >= 4 is 38.4 Å². The van der Waals surface area contributed by atoms with E-state index in [4.69, 9.17) is 11.6 Å². The van der Waals surface area contributed by atoms with Gasteiger partial charge in [-0.15, -0.1) is 0 Å². The number of pyridine rings is 1. The zero-order valence-electron chi connectivity index (χ0n) is 9.77. The van der Waals surface area contributed by atoms with Crippen molar-refractivity contribution in [3.63, 3.8) is 0 Å². The number of rotatable bonds is 2. The lowest BCUT2D eigenvalue weighted by atomic mass is 10.0. The third-order valence-electron chi connectivity index (χ3n) is 3.07. The second-order valence-corrected chi connectivity index (χ2v) is 5.50. The van der Waals surface area contributed by atoms with E-state index >= 15 is 0 Å². The predicted molar refractivity (Wildman–Crippen MR) is 79.3 cm³/mol. The largest absolute Gasteiger partial charge is 0.384 e. The summed E-state index contributed by atoms with van der Waals surface area (Å²) in [6.45, 7) is 0. The summed E-state index contributed by atoms with van der Waals surface area (Å²) in [6.07, 6.45) is 2.71. The van der Waals surface area contributed by atoms with E-state index in [9.17, 15) is 5.11 Å². The van der Waals surface area contributed by atoms with E-state index in [0.29, 0.717) is 5.15 Å². The molecule has 1 atom stereocenters. The van der Waals surface area contributed by atoms with Crippen molar-refractivity contribution in [2.75, 3.05) is 0 Å². The monoisotopic (exact) mass is 336 g/mol. The number of aromatic amines is 1. The minimum atomic E-state index is -0.694. The fourth-order valence-corrected chi connectivity index (χ4v) is 2.57. The van der Waals surface area contributed by atoms with Crippen molar-refractivity contribution in [1.29, 1.82) is 0 Å². The van der Waals surface area contributed by atoms with Crippen LogP contribution in [0, 0.1) is 0 Å². The highest BCUT2D eigenvalue weighted by atomic mass is 79.9. The molecule has 0 saturated carbocycles. The number of hydrogen-bond acceptors (Lipinski definition) is 2. The number of aliphatic hydroxyl groups is 1. The highest BCUT2D eigenvalue weighted by molar-refractivity contribution is 9.10. The van der Waals surface area contributed by atoms with Crippen LogP contribution in [0.5, 0.6) is 0 Å². The maximum absolute atomic E-state index is 10.5. The molecule has 0 aliphatic heterocycles. The SMILES string of the molecule is OC(c1ccc(Br)cc1)c1c[nH]c2c(Cl)nccc12. The molecule has 0 radical (unpaired) electrons. The highest BCUT2D eigenvalue weighted by Gasteiger charge is 2.16. The first kappa shape index (κ1) is 12.7. The summed E-state index contributed by atoms with van der Waals surface area (Å²) in [6, 6.07) is 9.42. The van der Waals surface area contributed by atoms with Crippen molar-refractivity contribution in [3.05, 3.63) is 63.5 Å². The van der Waals surface area contributed by atoms with Gasteiger partial charge in [-0.3, -0.25) is 0 Å². The Morgan fingerprint density at radius 3 is 2.68 bits per heavy atom. The first-order chi connectivity index (χ1) is 9.16. The molecule has 0 spiro atoms. The molecule has 5 heteroatoms. The summed E-state index contributed by atoms with van der Waals surface area (Å²) in [5.74, 6) is 0. The molecule has 2 N–H and O–H groups in total. The van der Waals surface area contributed by atoms with Gasteiger partial charge in [-0.25, -0.2) is 4.98 Å². The van der Waals surface area contributed by atoms with Gasteiger partial charge in [0.25, 0.3) is 0 Å². The maximum atomic E-state index is 10.5. The molecule has 1 unspecified atom stereocenters. The number of H-pyrrole nitrogens is 1. The van der Waals surface area contributed by atoms with Crippen LogP contribution in [0.2, 0.25) is 5.15 Å². The molecule has 2 heterocycles. The van der Waals surface area contributed by atoms with Crippen LogP contribution in [0.3, 0.4) is 0 Å². The fraction of sp³-hybridized carbons (Fsp3) is 0.0714. The van der Waals surface area contributed by atoms with Gasteiger partial charge < -0.3 is 10.1 Å². The Hall–Kier alpha value is -1.36. The van der Waals surface area contributed by atoms with E-state index in [-0.39, 0.29) is 0 Å². The van der Waals surface area contributed by atoms with E-state index in [1.807, 2.05) is 30.3 Å². The molecule has 3 nitrogen and oxygen atoms in total. The summed E-state index contributed by atoms with van der Waals surface area (Å²) >= 11 is 9.39. The van der Waals surface area contributed by atoms with Crippen LogP contribution < -0.4 is 0 Å². The van der Waals surface area contributed by atoms with Crippen molar-refractivity contribution in [2.24, 2.45) is 0 Å². The van der Waals surface area contributed by atoms with Gasteiger partial charge in [0.15, 0.2) is 5.15 Å². The first-order valence-electron chi connectivity index (χ1n) is 5.72. The zero-order chi connectivity index (χ0) is 13.4. The number of hydrogen-bond donors (Lipinski definition) is 2. The van der Waals surface area contributed by atoms with Crippen LogP contribution in [0.1, 0.15) is 17.2 Å². The molecule has 3 rings (SSSR count). The molecule has 0 amide bonds. The summed E-state index contributed by atoms with van der Waals surface area (Å²) in [5, 5.41) is 11.8. The molecule has 0 saturated heterocycles. The molecule has 96 valence electrons. The van der Waals surface area contributed by atoms with Crippen LogP contribution >= 0.6 is 27.5 Å². The van der Waals surface area contributed by atoms with Gasteiger partial charge in [0.1, 0.15) is 6.10 Å². The lowest BCUT2D eigenvalue weighted by molar-refractivity contribution is 0.222. The Balaban J connectivity index is 2.09. The topological polar surface area (TPSA) is 48.9 Å². The van der Waals surface area contributed by atoms with Gasteiger partial charge in [-0.1, -0.05) is 39.7 Å². The lowest BCUT2D eigenvalue weighted by Gasteiger charge is -2.10. The third kappa shape index (κ3) is 2.27. The van der Waals surface area contributed by atoms with Gasteiger partial charge in [0, 0.05) is 27.8 Å². The van der Waals surface area contributed by atoms with Gasteiger partial charge >= 0.3 is 0 Å². The molecule has 2 aromatic heterocycles. The second-order valence-electron chi connectivity index (χ2n) is 4.22. The molecule has 0 aliphatic rings. The zero-order valence-corrected chi connectivity index (χ0v) is 12.1. The van der Waals surface area contributed by atoms with Gasteiger partial charge in [0.2, 0.25) is 0 Å². The Morgan fingerprint density at radius 2 is 1.95 bits per heavy atom. The van der Waals surface area contributed by atoms with Crippen LogP contribution in [0.15, 0.2) is 47.2 Å². The van der Waals surface area contributed by atoms with E-state index < -0.39 is 6.10 Å². The first-order valence-corrected chi connectivity index (χ1v) is 6.89. The molecular formula is C14H10BrClN2O. The smallest absolute Gasteiger partial charge is 0.153 e. The number of nitrogens with zero attached hydrogens (tertiary/aromatic N) is 1. The molecule has 19 heavy (non-hydrogen) atoms. The summed E-state index contributed by atoms with van der Waals surface area (Å²) in [5.41, 5.74) is 2.37. The van der Waals surface area contributed by atoms with Crippen molar-refractivity contribution < 1.29 is 5.11 Å². The minimum absolute atomic E-state index is 0.409.